The molecule has 6 rings (SSSR count). The molecular formula is C33H35F3N4O2. The van der Waals surface area contributed by atoms with Crippen molar-refractivity contribution in [2.75, 3.05) is 13.1 Å². The third-order valence-corrected chi connectivity index (χ3v) is 9.88. The fourth-order valence-corrected chi connectivity index (χ4v) is 7.82. The standard InChI is InChI=1S/C33H35F3N4O2/c1-39-19-27(21-9-11-40(12-10-21)32(42)25-14-22-6-2-3-7-23(22)15-25)29-30(33(34,35)36)26(18-38-31(29)39)16-28(41)24-8-4-5-20(13-24)17-37/h4-5,8,13,18-19,21-23,25H,2-3,6-7,9-12,14-16H2,1H3/t22-,23+,25?. The van der Waals surface area contributed by atoms with Crippen molar-refractivity contribution in [2.24, 2.45) is 24.8 Å². The SMILES string of the molecule is Cn1cc(C2CCN(C(=O)C3C[C@H]4CCCC[C@H]4C3)CC2)c2c(C(F)(F)F)c(CC(=O)c3cccc(C#N)c3)cnc21. The number of amides is 1. The molecule has 3 atom stereocenters. The van der Waals surface area contributed by atoms with Gasteiger partial charge in [0.25, 0.3) is 0 Å². The number of carbonyl (C=O) groups excluding carboxylic acids is 2. The lowest BCUT2D eigenvalue weighted by atomic mass is 9.82. The maximum absolute atomic E-state index is 14.7. The van der Waals surface area contributed by atoms with Gasteiger partial charge in [-0.2, -0.15) is 18.4 Å². The van der Waals surface area contributed by atoms with E-state index in [0.29, 0.717) is 43.3 Å². The van der Waals surface area contributed by atoms with Gasteiger partial charge in [0.05, 0.1) is 17.2 Å². The first-order valence-corrected chi connectivity index (χ1v) is 15.0. The highest BCUT2D eigenvalue weighted by Gasteiger charge is 2.42. The molecular weight excluding hydrogens is 541 g/mol. The minimum Gasteiger partial charge on any atom is -0.342 e. The molecule has 0 N–H and O–H groups in total. The molecule has 1 aromatic carbocycles. The van der Waals surface area contributed by atoms with Crippen molar-refractivity contribution in [1.82, 2.24) is 14.5 Å². The van der Waals surface area contributed by atoms with E-state index in [0.717, 1.165) is 19.0 Å². The summed E-state index contributed by atoms with van der Waals surface area (Å²) >= 11 is 0. The molecule has 2 saturated carbocycles. The summed E-state index contributed by atoms with van der Waals surface area (Å²) in [5.41, 5.74) is 0.269. The topological polar surface area (TPSA) is 79.0 Å². The Kier molecular flexibility index (Phi) is 7.59. The summed E-state index contributed by atoms with van der Waals surface area (Å²) in [6.45, 7) is 1.07. The fraction of sp³-hybridized carbons (Fsp3) is 0.515. The number of alkyl halides is 3. The van der Waals surface area contributed by atoms with Gasteiger partial charge in [-0.1, -0.05) is 37.8 Å². The molecule has 0 spiro atoms. The van der Waals surface area contributed by atoms with Gasteiger partial charge < -0.3 is 9.47 Å². The third kappa shape index (κ3) is 5.32. The van der Waals surface area contributed by atoms with Crippen LogP contribution in [0.25, 0.3) is 11.0 Å². The molecule has 0 radical (unpaired) electrons. The van der Waals surface area contributed by atoms with Crippen LogP contribution in [-0.2, 0) is 24.4 Å². The lowest BCUT2D eigenvalue weighted by Gasteiger charge is -2.34. The van der Waals surface area contributed by atoms with Crippen molar-refractivity contribution in [3.8, 4) is 6.07 Å². The van der Waals surface area contributed by atoms with Crippen LogP contribution in [0, 0.1) is 29.1 Å². The second kappa shape index (κ2) is 11.2. The number of nitrogens with zero attached hydrogens (tertiary/aromatic N) is 4. The fourth-order valence-electron chi connectivity index (χ4n) is 7.82. The average Bonchev–Trinajstić information content (AvgIpc) is 3.57. The predicted octanol–water partition coefficient (Wildman–Crippen LogP) is 6.81. The van der Waals surface area contributed by atoms with E-state index in [1.54, 1.807) is 29.9 Å². The van der Waals surface area contributed by atoms with Gasteiger partial charge >= 0.3 is 6.18 Å². The Morgan fingerprint density at radius 3 is 2.40 bits per heavy atom. The van der Waals surface area contributed by atoms with Gasteiger partial charge in [0.15, 0.2) is 5.78 Å². The maximum Gasteiger partial charge on any atom is 0.417 e. The van der Waals surface area contributed by atoms with E-state index in [1.807, 2.05) is 11.0 Å². The lowest BCUT2D eigenvalue weighted by molar-refractivity contribution is -0.137. The van der Waals surface area contributed by atoms with Crippen molar-refractivity contribution < 1.29 is 22.8 Å². The van der Waals surface area contributed by atoms with E-state index < -0.39 is 23.9 Å². The van der Waals surface area contributed by atoms with Crippen LogP contribution in [0.15, 0.2) is 36.7 Å². The molecule has 9 heteroatoms. The van der Waals surface area contributed by atoms with Gasteiger partial charge in [0, 0.05) is 55.8 Å². The van der Waals surface area contributed by atoms with Crippen molar-refractivity contribution in [2.45, 2.75) is 69.9 Å². The monoisotopic (exact) mass is 576 g/mol. The summed E-state index contributed by atoms with van der Waals surface area (Å²) in [7, 11) is 1.69. The van der Waals surface area contributed by atoms with Gasteiger partial charge in [0.2, 0.25) is 5.91 Å². The molecule has 3 aromatic rings. The maximum atomic E-state index is 14.7. The van der Waals surface area contributed by atoms with Crippen molar-refractivity contribution >= 4 is 22.7 Å². The van der Waals surface area contributed by atoms with E-state index in [4.69, 9.17) is 5.26 Å². The number of hydrogen-bond acceptors (Lipinski definition) is 4. The second-order valence-electron chi connectivity index (χ2n) is 12.4. The highest BCUT2D eigenvalue weighted by molar-refractivity contribution is 5.99. The number of carbonyl (C=O) groups is 2. The van der Waals surface area contributed by atoms with Gasteiger partial charge in [-0.15, -0.1) is 0 Å². The summed E-state index contributed by atoms with van der Waals surface area (Å²) in [4.78, 5) is 32.8. The number of hydrogen-bond donors (Lipinski definition) is 0. The summed E-state index contributed by atoms with van der Waals surface area (Å²) in [5, 5.41) is 9.21. The number of likely N-dealkylation sites (tertiary alicyclic amines) is 1. The van der Waals surface area contributed by atoms with Crippen molar-refractivity contribution in [3.63, 3.8) is 0 Å². The molecule has 3 aliphatic rings. The Labute approximate surface area is 243 Å². The summed E-state index contributed by atoms with van der Waals surface area (Å²) in [5.74, 6) is 0.998. The van der Waals surface area contributed by atoms with E-state index >= 15 is 0 Å². The molecule has 42 heavy (non-hydrogen) atoms. The van der Waals surface area contributed by atoms with Crippen LogP contribution in [0.4, 0.5) is 13.2 Å². The first kappa shape index (κ1) is 28.4. The number of benzene rings is 1. The number of ketones is 1. The molecule has 1 unspecified atom stereocenters. The first-order valence-electron chi connectivity index (χ1n) is 15.0. The Bertz CT molecular complexity index is 1550. The second-order valence-corrected chi connectivity index (χ2v) is 12.4. The number of piperidine rings is 1. The molecule has 2 aliphatic carbocycles. The number of halogens is 3. The van der Waals surface area contributed by atoms with Crippen LogP contribution in [-0.4, -0.2) is 39.2 Å². The normalized spacial score (nSPS) is 23.1. The van der Waals surface area contributed by atoms with E-state index in [-0.39, 0.29) is 45.5 Å². The highest BCUT2D eigenvalue weighted by Crippen LogP contribution is 2.47. The zero-order chi connectivity index (χ0) is 29.6. The minimum atomic E-state index is -4.70. The Balaban J connectivity index is 1.25. The predicted molar refractivity (Wildman–Crippen MR) is 152 cm³/mol. The number of fused-ring (bicyclic) bond motifs is 2. The number of Topliss-reactive ketones (excluding diaryl/α,β-unsaturated/α-hetero) is 1. The van der Waals surface area contributed by atoms with Crippen LogP contribution in [0.1, 0.15) is 89.9 Å². The van der Waals surface area contributed by atoms with Crippen LogP contribution in [0.5, 0.6) is 0 Å². The van der Waals surface area contributed by atoms with Gasteiger partial charge in [-0.3, -0.25) is 9.59 Å². The van der Waals surface area contributed by atoms with E-state index in [1.165, 1.54) is 37.8 Å². The molecule has 0 bridgehead atoms. The lowest BCUT2D eigenvalue weighted by Crippen LogP contribution is -2.41. The molecule has 6 nitrogen and oxygen atoms in total. The number of rotatable bonds is 5. The zero-order valence-corrected chi connectivity index (χ0v) is 23.8. The molecule has 1 saturated heterocycles. The molecule has 220 valence electrons. The largest absolute Gasteiger partial charge is 0.417 e. The number of aryl methyl sites for hydroxylation is 1. The van der Waals surface area contributed by atoms with Gasteiger partial charge in [-0.05, 0) is 66.7 Å². The third-order valence-electron chi connectivity index (χ3n) is 9.88. The van der Waals surface area contributed by atoms with E-state index in [2.05, 4.69) is 4.98 Å². The molecule has 1 amide bonds. The Morgan fingerprint density at radius 2 is 1.76 bits per heavy atom. The number of nitriles is 1. The zero-order valence-electron chi connectivity index (χ0n) is 23.8. The van der Waals surface area contributed by atoms with Crippen molar-refractivity contribution in [1.29, 1.82) is 5.26 Å². The van der Waals surface area contributed by atoms with Crippen LogP contribution >= 0.6 is 0 Å². The van der Waals surface area contributed by atoms with Gasteiger partial charge in [0.1, 0.15) is 5.65 Å². The van der Waals surface area contributed by atoms with Crippen LogP contribution in [0.3, 0.4) is 0 Å². The van der Waals surface area contributed by atoms with Crippen LogP contribution in [0.2, 0.25) is 0 Å². The number of aromatic nitrogens is 2. The van der Waals surface area contributed by atoms with Crippen LogP contribution < -0.4 is 0 Å². The quantitative estimate of drug-likeness (QED) is 0.313. The molecule has 3 heterocycles. The van der Waals surface area contributed by atoms with Gasteiger partial charge in [-0.25, -0.2) is 4.98 Å². The van der Waals surface area contributed by atoms with E-state index in [9.17, 15) is 22.8 Å². The molecule has 3 fully saturated rings. The molecule has 2 aromatic heterocycles. The van der Waals surface area contributed by atoms with Crippen molar-refractivity contribution in [3.05, 3.63) is 64.5 Å². The summed E-state index contributed by atoms with van der Waals surface area (Å²) < 4.78 is 45.8. The summed E-state index contributed by atoms with van der Waals surface area (Å²) in [6.07, 6.45) is 5.84. The smallest absolute Gasteiger partial charge is 0.342 e. The Morgan fingerprint density at radius 1 is 1.07 bits per heavy atom. The average molecular weight is 577 g/mol. The number of pyridine rings is 1. The molecule has 1 aliphatic heterocycles. The highest BCUT2D eigenvalue weighted by atomic mass is 19.4. The Hall–Kier alpha value is -3.67. The minimum absolute atomic E-state index is 0.0470. The summed E-state index contributed by atoms with van der Waals surface area (Å²) in [6, 6.07) is 7.94. The first-order chi connectivity index (χ1) is 20.1.